The molecule has 16 nitrogen and oxygen atoms in total. The minimum absolute atomic E-state index is 0.00457. The molecule has 0 unspecified atom stereocenters. The van der Waals surface area contributed by atoms with Crippen molar-refractivity contribution in [2.75, 3.05) is 27.3 Å². The molecule has 0 bridgehead atoms. The average molecular weight is 713 g/mol. The van der Waals surface area contributed by atoms with E-state index in [2.05, 4.69) is 30.6 Å². The molecule has 4 heterocycles. The SMILES string of the molecule is COC(=O)N[C@@H](C(=O)N1CCC[C@H]1c1ncc(-c2[nH]c([C@@H]3CCCN3C(=O)[C@H](NC(=O)OC)c3ccccc3)nc2OC(C)=O)[nH]1)c1ccccc1. The van der Waals surface area contributed by atoms with Gasteiger partial charge in [-0.1, -0.05) is 60.7 Å². The van der Waals surface area contributed by atoms with Gasteiger partial charge in [0.05, 0.1) is 38.2 Å². The number of benzene rings is 2. The molecule has 0 radical (unpaired) electrons. The summed E-state index contributed by atoms with van der Waals surface area (Å²) >= 11 is 0. The molecule has 4 aromatic rings. The van der Waals surface area contributed by atoms with Crippen LogP contribution in [0, 0.1) is 0 Å². The lowest BCUT2D eigenvalue weighted by Crippen LogP contribution is -2.42. The maximum Gasteiger partial charge on any atom is 0.407 e. The number of carbonyl (C=O) groups excluding carboxylic acids is 5. The Balaban J connectivity index is 1.27. The fourth-order valence-corrected chi connectivity index (χ4v) is 6.74. The van der Waals surface area contributed by atoms with Crippen LogP contribution in [0.15, 0.2) is 66.9 Å². The van der Waals surface area contributed by atoms with Crippen molar-refractivity contribution in [2.45, 2.75) is 56.8 Å². The first-order valence-electron chi connectivity index (χ1n) is 16.9. The number of hydrogen-bond donors (Lipinski definition) is 4. The van der Waals surface area contributed by atoms with Gasteiger partial charge in [0, 0.05) is 20.0 Å². The molecule has 4 atom stereocenters. The molecule has 2 aliphatic heterocycles. The fourth-order valence-electron chi connectivity index (χ4n) is 6.74. The number of aromatic amines is 2. The molecular weight excluding hydrogens is 672 g/mol. The summed E-state index contributed by atoms with van der Waals surface area (Å²) in [6.07, 6.45) is 2.64. The van der Waals surface area contributed by atoms with Crippen LogP contribution in [-0.2, 0) is 23.9 Å². The number of carbonyl (C=O) groups is 5. The maximum absolute atomic E-state index is 14.0. The number of nitrogens with one attached hydrogen (secondary N) is 4. The first-order chi connectivity index (χ1) is 25.2. The van der Waals surface area contributed by atoms with Crippen molar-refractivity contribution in [1.82, 2.24) is 40.4 Å². The van der Waals surface area contributed by atoms with E-state index < -0.39 is 42.3 Å². The van der Waals surface area contributed by atoms with Gasteiger partial charge in [0.1, 0.15) is 29.4 Å². The Bertz CT molecular complexity index is 1910. The van der Waals surface area contributed by atoms with Gasteiger partial charge in [-0.25, -0.2) is 14.6 Å². The topological polar surface area (TPSA) is 201 Å². The van der Waals surface area contributed by atoms with Crippen LogP contribution in [0.1, 0.15) is 79.6 Å². The van der Waals surface area contributed by atoms with E-state index in [1.54, 1.807) is 64.5 Å². The fraction of sp³-hybridized carbons (Fsp3) is 0.361. The highest BCUT2D eigenvalue weighted by atomic mass is 16.5. The second kappa shape index (κ2) is 15.8. The predicted molar refractivity (Wildman–Crippen MR) is 184 cm³/mol. The number of likely N-dealkylation sites (tertiary alicyclic amines) is 2. The van der Waals surface area contributed by atoms with Gasteiger partial charge in [0.2, 0.25) is 5.88 Å². The van der Waals surface area contributed by atoms with E-state index in [1.807, 2.05) is 12.1 Å². The molecule has 2 aromatic carbocycles. The highest BCUT2D eigenvalue weighted by Crippen LogP contribution is 2.38. The van der Waals surface area contributed by atoms with Crippen molar-refractivity contribution in [3.8, 4) is 17.3 Å². The van der Waals surface area contributed by atoms with E-state index in [0.29, 0.717) is 72.9 Å². The van der Waals surface area contributed by atoms with E-state index in [-0.39, 0.29) is 17.7 Å². The molecular formula is C36H40N8O8. The molecule has 52 heavy (non-hydrogen) atoms. The maximum atomic E-state index is 14.0. The van der Waals surface area contributed by atoms with Crippen LogP contribution in [0.3, 0.4) is 0 Å². The summed E-state index contributed by atoms with van der Waals surface area (Å²) < 4.78 is 15.1. The van der Waals surface area contributed by atoms with Gasteiger partial charge < -0.3 is 44.6 Å². The normalized spacial score (nSPS) is 18.0. The number of imidazole rings is 2. The van der Waals surface area contributed by atoms with Gasteiger partial charge in [-0.2, -0.15) is 4.98 Å². The Hall–Kier alpha value is -6.19. The number of hydrogen-bond acceptors (Lipinski definition) is 10. The van der Waals surface area contributed by atoms with Crippen molar-refractivity contribution in [3.05, 3.63) is 89.6 Å². The number of ether oxygens (including phenoxy) is 3. The second-order valence-electron chi connectivity index (χ2n) is 12.4. The van der Waals surface area contributed by atoms with Gasteiger partial charge in [0.15, 0.2) is 0 Å². The Morgan fingerprint density at radius 2 is 1.25 bits per heavy atom. The number of methoxy groups -OCH3 is 2. The van der Waals surface area contributed by atoms with Gasteiger partial charge in [-0.05, 0) is 36.8 Å². The number of H-pyrrole nitrogens is 2. The molecule has 0 aliphatic carbocycles. The summed E-state index contributed by atoms with van der Waals surface area (Å²) in [6, 6.07) is 14.8. The first kappa shape index (κ1) is 35.6. The molecule has 4 N–H and O–H groups in total. The van der Waals surface area contributed by atoms with Crippen LogP contribution >= 0.6 is 0 Å². The van der Waals surface area contributed by atoms with Crippen LogP contribution in [0.25, 0.3) is 11.4 Å². The third-order valence-corrected chi connectivity index (χ3v) is 9.15. The van der Waals surface area contributed by atoms with E-state index in [1.165, 1.54) is 21.1 Å². The third kappa shape index (κ3) is 7.60. The highest BCUT2D eigenvalue weighted by Gasteiger charge is 2.39. The lowest BCUT2D eigenvalue weighted by molar-refractivity contribution is -0.135. The summed E-state index contributed by atoms with van der Waals surface area (Å²) in [7, 11) is 2.47. The van der Waals surface area contributed by atoms with E-state index >= 15 is 0 Å². The van der Waals surface area contributed by atoms with Crippen molar-refractivity contribution in [1.29, 1.82) is 0 Å². The number of alkyl carbamates (subject to hydrolysis) is 2. The summed E-state index contributed by atoms with van der Waals surface area (Å²) in [4.78, 5) is 83.8. The molecule has 2 fully saturated rings. The summed E-state index contributed by atoms with van der Waals surface area (Å²) in [5, 5.41) is 5.31. The van der Waals surface area contributed by atoms with Gasteiger partial charge in [-0.3, -0.25) is 14.4 Å². The molecule has 16 heteroatoms. The molecule has 2 aromatic heterocycles. The Morgan fingerprint density at radius 1 is 0.750 bits per heavy atom. The molecule has 6 rings (SSSR count). The zero-order valence-electron chi connectivity index (χ0n) is 29.0. The van der Waals surface area contributed by atoms with E-state index in [0.717, 1.165) is 0 Å². The summed E-state index contributed by atoms with van der Waals surface area (Å²) in [6.45, 7) is 2.11. The first-order valence-corrected chi connectivity index (χ1v) is 16.9. The minimum atomic E-state index is -1.01. The van der Waals surface area contributed by atoms with Crippen LogP contribution < -0.4 is 15.4 Å². The quantitative estimate of drug-likeness (QED) is 0.172. The number of aromatic nitrogens is 4. The van der Waals surface area contributed by atoms with Crippen molar-refractivity contribution in [3.63, 3.8) is 0 Å². The lowest BCUT2D eigenvalue weighted by Gasteiger charge is -2.28. The molecule has 272 valence electrons. The van der Waals surface area contributed by atoms with Gasteiger partial charge in [-0.15, -0.1) is 0 Å². The second-order valence-corrected chi connectivity index (χ2v) is 12.4. The number of esters is 1. The van der Waals surface area contributed by atoms with E-state index in [9.17, 15) is 24.0 Å². The standard InChI is InChI=1S/C36H40N8O8/c1-21(45)52-32-29(39-31(42-32)26-17-11-19-44(26)34(47)28(41-36(49)51-3)23-14-8-5-9-15-23)24-20-37-30(38-24)25-16-10-18-43(25)33(46)27(40-35(48)50-2)22-12-6-4-7-13-22/h4-9,12-15,20,25-28H,10-11,16-19H2,1-3H3,(H,37,38)(H,39,42)(H,40,48)(H,41,49)/t25-,26-,27+,28+/m0/s1. The highest BCUT2D eigenvalue weighted by molar-refractivity contribution is 5.88. The minimum Gasteiger partial charge on any atom is -0.453 e. The summed E-state index contributed by atoms with van der Waals surface area (Å²) in [5.41, 5.74) is 1.98. The third-order valence-electron chi connectivity index (χ3n) is 9.15. The largest absolute Gasteiger partial charge is 0.453 e. The number of amides is 4. The monoisotopic (exact) mass is 712 g/mol. The Kier molecular flexibility index (Phi) is 10.8. The Labute approximate surface area is 299 Å². The average Bonchev–Trinajstić information content (AvgIpc) is 3.99. The predicted octanol–water partition coefficient (Wildman–Crippen LogP) is 4.25. The van der Waals surface area contributed by atoms with Crippen LogP contribution in [0.4, 0.5) is 9.59 Å². The van der Waals surface area contributed by atoms with Crippen molar-refractivity contribution < 1.29 is 38.2 Å². The molecule has 2 aliphatic rings. The van der Waals surface area contributed by atoms with Gasteiger partial charge in [0.25, 0.3) is 11.8 Å². The summed E-state index contributed by atoms with van der Waals surface area (Å²) in [5.74, 6) is -0.389. The molecule has 4 amide bonds. The van der Waals surface area contributed by atoms with Crippen LogP contribution in [0.5, 0.6) is 5.88 Å². The van der Waals surface area contributed by atoms with E-state index in [4.69, 9.17) is 14.2 Å². The molecule has 2 saturated heterocycles. The molecule has 0 saturated carbocycles. The Morgan fingerprint density at radius 3 is 1.73 bits per heavy atom. The number of rotatable bonds is 10. The van der Waals surface area contributed by atoms with Crippen molar-refractivity contribution >= 4 is 30.0 Å². The van der Waals surface area contributed by atoms with Crippen LogP contribution in [-0.4, -0.2) is 87.0 Å². The van der Waals surface area contributed by atoms with Crippen LogP contribution in [0.2, 0.25) is 0 Å². The molecule has 0 spiro atoms. The number of nitrogens with zero attached hydrogens (tertiary/aromatic N) is 4. The smallest absolute Gasteiger partial charge is 0.407 e. The zero-order valence-corrected chi connectivity index (χ0v) is 29.0. The van der Waals surface area contributed by atoms with Gasteiger partial charge >= 0.3 is 18.2 Å². The van der Waals surface area contributed by atoms with Crippen molar-refractivity contribution in [2.24, 2.45) is 0 Å². The zero-order chi connectivity index (χ0) is 36.8. The lowest BCUT2D eigenvalue weighted by atomic mass is 10.1.